The van der Waals surface area contributed by atoms with Gasteiger partial charge >= 0.3 is 0 Å². The Morgan fingerprint density at radius 1 is 1.07 bits per heavy atom. The average Bonchev–Trinajstić information content (AvgIpc) is 2.78. The van der Waals surface area contributed by atoms with Crippen LogP contribution in [0.15, 0.2) is 0 Å². The van der Waals surface area contributed by atoms with E-state index in [4.69, 9.17) is 4.74 Å². The lowest BCUT2D eigenvalue weighted by atomic mass is 9.61. The normalized spacial score (nSPS) is 41.9. The van der Waals surface area contributed by atoms with E-state index in [2.05, 4.69) is 13.8 Å². The van der Waals surface area contributed by atoms with Gasteiger partial charge < -0.3 is 9.84 Å². The molecule has 6 atom stereocenters. The minimum absolute atomic E-state index is 0.0526. The van der Waals surface area contributed by atoms with Crippen molar-refractivity contribution in [2.24, 2.45) is 23.2 Å². The van der Waals surface area contributed by atoms with E-state index >= 15 is 0 Å². The van der Waals surface area contributed by atoms with Crippen LogP contribution >= 0.6 is 0 Å². The molecule has 1 aliphatic heterocycles. The van der Waals surface area contributed by atoms with E-state index in [9.17, 15) is 13.5 Å². The van der Waals surface area contributed by atoms with Gasteiger partial charge in [0.1, 0.15) is 0 Å². The first-order valence-electron chi connectivity index (χ1n) is 11.8. The lowest BCUT2D eigenvalue weighted by Crippen LogP contribution is -2.48. The minimum atomic E-state index is -3.22. The fraction of sp³-hybridized carbons (Fsp3) is 1.00. The molecule has 3 rings (SSSR count). The van der Waals surface area contributed by atoms with Crippen molar-refractivity contribution in [3.05, 3.63) is 0 Å². The maximum atomic E-state index is 13.6. The van der Waals surface area contributed by atoms with Crippen molar-refractivity contribution in [2.45, 2.75) is 108 Å². The van der Waals surface area contributed by atoms with Gasteiger partial charge in [0, 0.05) is 12.5 Å². The Balaban J connectivity index is 2.04. The first-order valence-corrected chi connectivity index (χ1v) is 13.5. The predicted octanol–water partition coefficient (Wildman–Crippen LogP) is 4.74. The number of methoxy groups -OCH3 is 1. The lowest BCUT2D eigenvalue weighted by molar-refractivity contribution is -0.0751. The first kappa shape index (κ1) is 22.6. The van der Waals surface area contributed by atoms with Gasteiger partial charge in [0.15, 0.2) is 9.84 Å². The second-order valence-electron chi connectivity index (χ2n) is 9.92. The molecule has 3 unspecified atom stereocenters. The van der Waals surface area contributed by atoms with Gasteiger partial charge in [-0.3, -0.25) is 0 Å². The van der Waals surface area contributed by atoms with Crippen LogP contribution in [0.2, 0.25) is 0 Å². The standard InChI is InChI=1S/C23H42O4S/c1-4-6-14-23(5-2)16-28(25,26)20-13-12-18(27-3)15-19(20)21(22(23)24)17-10-8-7-9-11-17/h17-22,24H,4-16H2,1-3H3/t18?,19?,20?,21-,22-,23-/m1/s1. The predicted molar refractivity (Wildman–Crippen MR) is 114 cm³/mol. The van der Waals surface area contributed by atoms with Crippen molar-refractivity contribution in [1.29, 1.82) is 0 Å². The minimum Gasteiger partial charge on any atom is -0.392 e. The topological polar surface area (TPSA) is 63.6 Å². The van der Waals surface area contributed by atoms with Gasteiger partial charge in [0.2, 0.25) is 0 Å². The Hall–Kier alpha value is -0.130. The summed E-state index contributed by atoms with van der Waals surface area (Å²) in [6.45, 7) is 4.25. The molecule has 1 saturated heterocycles. The maximum Gasteiger partial charge on any atom is 0.154 e. The summed E-state index contributed by atoms with van der Waals surface area (Å²) in [5, 5.41) is 11.6. The summed E-state index contributed by atoms with van der Waals surface area (Å²) in [5.74, 6) is 0.807. The zero-order chi connectivity index (χ0) is 20.4. The zero-order valence-electron chi connectivity index (χ0n) is 18.2. The Morgan fingerprint density at radius 3 is 2.39 bits per heavy atom. The van der Waals surface area contributed by atoms with Crippen LogP contribution in [0.3, 0.4) is 0 Å². The van der Waals surface area contributed by atoms with E-state index in [1.807, 2.05) is 0 Å². The Morgan fingerprint density at radius 2 is 1.79 bits per heavy atom. The highest BCUT2D eigenvalue weighted by atomic mass is 32.2. The molecule has 0 aromatic carbocycles. The van der Waals surface area contributed by atoms with Crippen LogP contribution in [-0.4, -0.2) is 43.8 Å². The molecule has 5 heteroatoms. The van der Waals surface area contributed by atoms with Gasteiger partial charge in [-0.1, -0.05) is 58.8 Å². The summed E-state index contributed by atoms with van der Waals surface area (Å²) < 4.78 is 32.9. The molecule has 0 bridgehead atoms. The second-order valence-corrected chi connectivity index (χ2v) is 12.1. The van der Waals surface area contributed by atoms with Crippen LogP contribution in [0.25, 0.3) is 0 Å². The molecule has 1 heterocycles. The summed E-state index contributed by atoms with van der Waals surface area (Å²) in [6, 6.07) is 0. The van der Waals surface area contributed by atoms with Crippen LogP contribution in [0.5, 0.6) is 0 Å². The number of hydrogen-bond donors (Lipinski definition) is 1. The molecule has 2 aliphatic carbocycles. The Bertz CT molecular complexity index is 598. The van der Waals surface area contributed by atoms with Crippen LogP contribution in [0, 0.1) is 23.2 Å². The van der Waals surface area contributed by atoms with Crippen molar-refractivity contribution in [2.75, 3.05) is 12.9 Å². The first-order chi connectivity index (χ1) is 13.4. The number of aliphatic hydroxyl groups is 1. The van der Waals surface area contributed by atoms with Gasteiger partial charge in [-0.05, 0) is 49.9 Å². The number of aliphatic hydroxyl groups excluding tert-OH is 1. The van der Waals surface area contributed by atoms with Gasteiger partial charge in [0.25, 0.3) is 0 Å². The number of fused-ring (bicyclic) bond motifs is 1. The summed E-state index contributed by atoms with van der Waals surface area (Å²) >= 11 is 0. The number of sulfone groups is 1. The number of unbranched alkanes of at least 4 members (excludes halogenated alkanes) is 1. The summed E-state index contributed by atoms with van der Waals surface area (Å²) in [6.07, 6.45) is 11.6. The van der Waals surface area contributed by atoms with Gasteiger partial charge in [-0.25, -0.2) is 8.42 Å². The van der Waals surface area contributed by atoms with Crippen molar-refractivity contribution in [3.8, 4) is 0 Å². The molecular formula is C23H42O4S. The molecule has 3 aliphatic rings. The van der Waals surface area contributed by atoms with Crippen LogP contribution in [0.4, 0.5) is 0 Å². The molecule has 0 spiro atoms. The van der Waals surface area contributed by atoms with Crippen molar-refractivity contribution in [3.63, 3.8) is 0 Å². The SMILES string of the molecule is CCCC[C@]1(CC)CS(=O)(=O)C2CCC(OC)CC2[C@@H](C2CCCCC2)[C@H]1O. The molecule has 3 fully saturated rings. The molecule has 4 nitrogen and oxygen atoms in total. The van der Waals surface area contributed by atoms with Crippen LogP contribution in [-0.2, 0) is 14.6 Å². The lowest BCUT2D eigenvalue weighted by Gasteiger charge is -2.46. The maximum absolute atomic E-state index is 13.6. The highest BCUT2D eigenvalue weighted by Crippen LogP contribution is 2.53. The second kappa shape index (κ2) is 9.34. The third-order valence-electron chi connectivity index (χ3n) is 8.48. The zero-order valence-corrected chi connectivity index (χ0v) is 19.1. The molecule has 28 heavy (non-hydrogen) atoms. The fourth-order valence-corrected chi connectivity index (χ4v) is 9.66. The van der Waals surface area contributed by atoms with E-state index in [0.29, 0.717) is 12.3 Å². The quantitative estimate of drug-likeness (QED) is 0.682. The smallest absolute Gasteiger partial charge is 0.154 e. The van der Waals surface area contributed by atoms with Gasteiger partial charge in [-0.15, -0.1) is 0 Å². The van der Waals surface area contributed by atoms with Crippen LogP contribution < -0.4 is 0 Å². The third-order valence-corrected chi connectivity index (χ3v) is 11.0. The molecule has 1 N–H and O–H groups in total. The van der Waals surface area contributed by atoms with Gasteiger partial charge in [0.05, 0.1) is 23.2 Å². The molecule has 2 saturated carbocycles. The largest absolute Gasteiger partial charge is 0.392 e. The Labute approximate surface area is 172 Å². The molecule has 0 aromatic rings. The van der Waals surface area contributed by atoms with Crippen LogP contribution in [0.1, 0.15) is 90.9 Å². The molecule has 0 radical (unpaired) electrons. The molecular weight excluding hydrogens is 372 g/mol. The number of hydrogen-bond acceptors (Lipinski definition) is 4. The number of ether oxygens (including phenoxy) is 1. The summed E-state index contributed by atoms with van der Waals surface area (Å²) in [4.78, 5) is 0. The van der Waals surface area contributed by atoms with Crippen molar-refractivity contribution in [1.82, 2.24) is 0 Å². The van der Waals surface area contributed by atoms with E-state index in [1.54, 1.807) is 7.11 Å². The van der Waals surface area contributed by atoms with Crippen molar-refractivity contribution < 1.29 is 18.3 Å². The summed E-state index contributed by atoms with van der Waals surface area (Å²) in [7, 11) is -1.47. The van der Waals surface area contributed by atoms with Crippen molar-refractivity contribution >= 4 is 9.84 Å². The highest BCUT2D eigenvalue weighted by molar-refractivity contribution is 7.92. The highest BCUT2D eigenvalue weighted by Gasteiger charge is 2.56. The molecule has 0 amide bonds. The van der Waals surface area contributed by atoms with E-state index in [-0.39, 0.29) is 28.9 Å². The monoisotopic (exact) mass is 414 g/mol. The van der Waals surface area contributed by atoms with E-state index < -0.39 is 21.4 Å². The summed E-state index contributed by atoms with van der Waals surface area (Å²) in [5.41, 5.74) is -0.475. The molecule has 0 aromatic heterocycles. The van der Waals surface area contributed by atoms with E-state index in [1.165, 1.54) is 19.3 Å². The third kappa shape index (κ3) is 4.32. The Kier molecular flexibility index (Phi) is 7.53. The fourth-order valence-electron chi connectivity index (χ4n) is 6.80. The average molecular weight is 415 g/mol. The molecule has 164 valence electrons. The van der Waals surface area contributed by atoms with Gasteiger partial charge in [-0.2, -0.15) is 0 Å². The van der Waals surface area contributed by atoms with E-state index in [0.717, 1.165) is 51.4 Å². The number of rotatable bonds is 6.